The fraction of sp³-hybridized carbons (Fsp3) is 0.684. The number of hydrogen-bond acceptors (Lipinski definition) is 5. The minimum atomic E-state index is -3.44. The first-order valence-corrected chi connectivity index (χ1v) is 12.2. The highest BCUT2D eigenvalue weighted by molar-refractivity contribution is 8.00. The van der Waals surface area contributed by atoms with Crippen LogP contribution in [0.1, 0.15) is 58.3 Å². The van der Waals surface area contributed by atoms with Crippen molar-refractivity contribution >= 4 is 27.7 Å². The summed E-state index contributed by atoms with van der Waals surface area (Å²) >= 11 is 1.37. The van der Waals surface area contributed by atoms with Gasteiger partial charge in [0, 0.05) is 25.3 Å². The summed E-state index contributed by atoms with van der Waals surface area (Å²) in [4.78, 5) is 17.0. The van der Waals surface area contributed by atoms with Crippen LogP contribution in [0.25, 0.3) is 0 Å². The third-order valence-electron chi connectivity index (χ3n) is 5.28. The Kier molecular flexibility index (Phi) is 7.16. The van der Waals surface area contributed by atoms with E-state index in [-0.39, 0.29) is 22.1 Å². The van der Waals surface area contributed by atoms with Crippen molar-refractivity contribution < 1.29 is 13.2 Å². The van der Waals surface area contributed by atoms with Crippen molar-refractivity contribution in [3.8, 4) is 0 Å². The zero-order valence-electron chi connectivity index (χ0n) is 15.9. The zero-order valence-corrected chi connectivity index (χ0v) is 17.5. The van der Waals surface area contributed by atoms with E-state index in [9.17, 15) is 13.2 Å². The first-order chi connectivity index (χ1) is 13.0. The second kappa shape index (κ2) is 9.39. The van der Waals surface area contributed by atoms with Gasteiger partial charge in [-0.25, -0.2) is 13.4 Å². The first-order valence-electron chi connectivity index (χ1n) is 9.90. The predicted molar refractivity (Wildman–Crippen MR) is 107 cm³/mol. The number of nitrogens with zero attached hydrogens (tertiary/aromatic N) is 2. The Hall–Kier alpha value is -1.12. The van der Waals surface area contributed by atoms with E-state index in [4.69, 9.17) is 0 Å². The van der Waals surface area contributed by atoms with Gasteiger partial charge in [0.2, 0.25) is 15.9 Å². The minimum Gasteiger partial charge on any atom is -0.352 e. The van der Waals surface area contributed by atoms with Gasteiger partial charge in [0.05, 0.1) is 10.3 Å². The molecule has 1 atom stereocenters. The predicted octanol–water partition coefficient (Wildman–Crippen LogP) is 3.19. The molecule has 1 aromatic heterocycles. The van der Waals surface area contributed by atoms with E-state index < -0.39 is 10.0 Å². The average Bonchev–Trinajstić information content (AvgIpc) is 3.09. The summed E-state index contributed by atoms with van der Waals surface area (Å²) in [5, 5.41) is 3.56. The van der Waals surface area contributed by atoms with Gasteiger partial charge < -0.3 is 5.32 Å². The fourth-order valence-corrected chi connectivity index (χ4v) is 5.90. The Balaban J connectivity index is 1.56. The highest BCUT2D eigenvalue weighted by atomic mass is 32.2. The molecule has 2 fully saturated rings. The maximum absolute atomic E-state index is 12.5. The molecule has 1 unspecified atom stereocenters. The number of amides is 1. The summed E-state index contributed by atoms with van der Waals surface area (Å²) in [6, 6.07) is 3.58. The molecule has 1 aromatic rings. The number of carbonyl (C=O) groups is 1. The second-order valence-corrected chi connectivity index (χ2v) is 10.7. The molecule has 8 heteroatoms. The van der Waals surface area contributed by atoms with E-state index in [0.29, 0.717) is 18.1 Å². The zero-order chi connectivity index (χ0) is 19.3. The van der Waals surface area contributed by atoms with Gasteiger partial charge in [0.25, 0.3) is 0 Å². The lowest BCUT2D eigenvalue weighted by atomic mass is 10.1. The summed E-state index contributed by atoms with van der Waals surface area (Å²) in [6.45, 7) is 3.03. The number of sulfonamides is 1. The quantitative estimate of drug-likeness (QED) is 0.574. The van der Waals surface area contributed by atoms with Crippen molar-refractivity contribution in [3.05, 3.63) is 18.3 Å². The maximum atomic E-state index is 12.5. The molecule has 1 aliphatic carbocycles. The standard InChI is InChI=1S/C19H29N3O3S2/c1-15(19(23)21-16-8-4-2-3-5-9-16)26-18-11-10-17(14-20-18)27(24,25)22-12-6-7-13-22/h10-11,14-16H,2-9,12-13H2,1H3,(H,21,23). The molecule has 1 saturated carbocycles. The molecule has 1 aliphatic heterocycles. The number of nitrogens with one attached hydrogen (secondary N) is 1. The highest BCUT2D eigenvalue weighted by Crippen LogP contribution is 2.25. The van der Waals surface area contributed by atoms with Crippen LogP contribution in [0.4, 0.5) is 0 Å². The van der Waals surface area contributed by atoms with E-state index in [1.54, 1.807) is 12.1 Å². The lowest BCUT2D eigenvalue weighted by Crippen LogP contribution is -2.39. The lowest BCUT2D eigenvalue weighted by Gasteiger charge is -2.19. The SMILES string of the molecule is CC(Sc1ccc(S(=O)(=O)N2CCCC2)cn1)C(=O)NC1CCCCCC1. The van der Waals surface area contributed by atoms with Gasteiger partial charge in [0.1, 0.15) is 4.90 Å². The van der Waals surface area contributed by atoms with E-state index >= 15 is 0 Å². The molecule has 0 spiro atoms. The summed E-state index contributed by atoms with van der Waals surface area (Å²) in [7, 11) is -3.44. The van der Waals surface area contributed by atoms with Crippen molar-refractivity contribution in [3.63, 3.8) is 0 Å². The molecule has 1 amide bonds. The molecule has 27 heavy (non-hydrogen) atoms. The third-order valence-corrected chi connectivity index (χ3v) is 8.21. The molecule has 1 N–H and O–H groups in total. The monoisotopic (exact) mass is 411 g/mol. The molecule has 3 rings (SSSR count). The van der Waals surface area contributed by atoms with Gasteiger partial charge in [-0.15, -0.1) is 0 Å². The van der Waals surface area contributed by atoms with Crippen molar-refractivity contribution in [2.24, 2.45) is 0 Å². The van der Waals surface area contributed by atoms with Crippen LogP contribution in [0.5, 0.6) is 0 Å². The molecular weight excluding hydrogens is 382 g/mol. The number of pyridine rings is 1. The van der Waals surface area contributed by atoms with Crippen LogP contribution in [0.3, 0.4) is 0 Å². The summed E-state index contributed by atoms with van der Waals surface area (Å²) < 4.78 is 26.6. The summed E-state index contributed by atoms with van der Waals surface area (Å²) in [5.41, 5.74) is 0. The van der Waals surface area contributed by atoms with Gasteiger partial charge in [-0.2, -0.15) is 4.31 Å². The van der Waals surface area contributed by atoms with Crippen LogP contribution in [-0.4, -0.2) is 48.0 Å². The van der Waals surface area contributed by atoms with E-state index in [2.05, 4.69) is 10.3 Å². The largest absolute Gasteiger partial charge is 0.352 e. The van der Waals surface area contributed by atoms with E-state index in [1.165, 1.54) is 47.9 Å². The van der Waals surface area contributed by atoms with Crippen LogP contribution in [0.2, 0.25) is 0 Å². The molecule has 2 heterocycles. The van der Waals surface area contributed by atoms with Crippen molar-refractivity contribution in [2.45, 2.75) is 79.5 Å². The normalized spacial score (nSPS) is 20.9. The van der Waals surface area contributed by atoms with Crippen LogP contribution in [-0.2, 0) is 14.8 Å². The number of rotatable bonds is 6. The molecular formula is C19H29N3O3S2. The Morgan fingerprint density at radius 1 is 1.15 bits per heavy atom. The van der Waals surface area contributed by atoms with Crippen molar-refractivity contribution in [1.82, 2.24) is 14.6 Å². The van der Waals surface area contributed by atoms with Crippen LogP contribution < -0.4 is 5.32 Å². The Bertz CT molecular complexity index is 723. The van der Waals surface area contributed by atoms with Gasteiger partial charge in [0.15, 0.2) is 0 Å². The van der Waals surface area contributed by atoms with E-state index in [0.717, 1.165) is 25.7 Å². The topological polar surface area (TPSA) is 79.4 Å². The summed E-state index contributed by atoms with van der Waals surface area (Å²) in [6.07, 6.45) is 10.2. The average molecular weight is 412 g/mol. The van der Waals surface area contributed by atoms with E-state index in [1.807, 2.05) is 6.92 Å². The number of aromatic nitrogens is 1. The lowest BCUT2D eigenvalue weighted by molar-refractivity contribution is -0.121. The molecule has 2 aliphatic rings. The van der Waals surface area contributed by atoms with Gasteiger partial charge in [-0.1, -0.05) is 37.4 Å². The number of hydrogen-bond donors (Lipinski definition) is 1. The Labute approximate surface area is 166 Å². The van der Waals surface area contributed by atoms with Crippen molar-refractivity contribution in [2.75, 3.05) is 13.1 Å². The smallest absolute Gasteiger partial charge is 0.244 e. The molecule has 0 aromatic carbocycles. The number of carbonyl (C=O) groups excluding carboxylic acids is 1. The van der Waals surface area contributed by atoms with Gasteiger partial charge >= 0.3 is 0 Å². The van der Waals surface area contributed by atoms with Crippen molar-refractivity contribution in [1.29, 1.82) is 0 Å². The van der Waals surface area contributed by atoms with Crippen LogP contribution in [0.15, 0.2) is 28.3 Å². The third kappa shape index (κ3) is 5.45. The molecule has 0 bridgehead atoms. The van der Waals surface area contributed by atoms with Crippen LogP contribution >= 0.6 is 11.8 Å². The first kappa shape index (κ1) is 20.6. The fourth-order valence-electron chi connectivity index (χ4n) is 3.64. The van der Waals surface area contributed by atoms with Crippen LogP contribution in [0, 0.1) is 0 Å². The molecule has 0 radical (unpaired) electrons. The van der Waals surface area contributed by atoms with Gasteiger partial charge in [-0.3, -0.25) is 4.79 Å². The Morgan fingerprint density at radius 2 is 1.81 bits per heavy atom. The second-order valence-electron chi connectivity index (χ2n) is 7.40. The molecule has 1 saturated heterocycles. The maximum Gasteiger partial charge on any atom is 0.244 e. The number of thioether (sulfide) groups is 1. The summed E-state index contributed by atoms with van der Waals surface area (Å²) in [5.74, 6) is 0.0301. The Morgan fingerprint density at radius 3 is 2.41 bits per heavy atom. The molecule has 6 nitrogen and oxygen atoms in total. The molecule has 150 valence electrons. The minimum absolute atomic E-state index is 0.0301. The van der Waals surface area contributed by atoms with Gasteiger partial charge in [-0.05, 0) is 44.7 Å². The highest BCUT2D eigenvalue weighted by Gasteiger charge is 2.27.